The number of aliphatic hydroxyl groups is 1. The van der Waals surface area contributed by atoms with Crippen molar-refractivity contribution in [3.05, 3.63) is 28.3 Å². The number of rotatable bonds is 6. The average Bonchev–Trinajstić information content (AvgIpc) is 2.74. The number of benzene rings is 1. The van der Waals surface area contributed by atoms with Gasteiger partial charge in [-0.2, -0.15) is 0 Å². The van der Waals surface area contributed by atoms with Crippen LogP contribution in [-0.2, 0) is 13.0 Å². The first-order valence-corrected chi connectivity index (χ1v) is 7.62. The van der Waals surface area contributed by atoms with Crippen LogP contribution in [0.4, 0.5) is 0 Å². The fourth-order valence-electron chi connectivity index (χ4n) is 2.90. The summed E-state index contributed by atoms with van der Waals surface area (Å²) < 4.78 is 5.67. The molecule has 0 spiro atoms. The molecule has 1 heterocycles. The number of ether oxygens (including phenoxy) is 1. The summed E-state index contributed by atoms with van der Waals surface area (Å²) in [6, 6.07) is 3.91. The average molecular weight is 298 g/mol. The van der Waals surface area contributed by atoms with Crippen LogP contribution < -0.4 is 10.1 Å². The van der Waals surface area contributed by atoms with Crippen LogP contribution in [0, 0.1) is 5.92 Å². The summed E-state index contributed by atoms with van der Waals surface area (Å²) in [4.78, 5) is 0. The van der Waals surface area contributed by atoms with E-state index in [0.717, 1.165) is 35.8 Å². The van der Waals surface area contributed by atoms with Crippen LogP contribution in [-0.4, -0.2) is 23.9 Å². The van der Waals surface area contributed by atoms with Crippen molar-refractivity contribution in [1.82, 2.24) is 5.32 Å². The Morgan fingerprint density at radius 2 is 2.20 bits per heavy atom. The van der Waals surface area contributed by atoms with Gasteiger partial charge in [0, 0.05) is 30.1 Å². The second-order valence-corrected chi connectivity index (χ2v) is 6.79. The molecule has 0 saturated heterocycles. The SMILES string of the molecule is CC(C)CC(C)(O)CNCc1cc(Cl)cc2c1OCC2. The summed E-state index contributed by atoms with van der Waals surface area (Å²) in [7, 11) is 0. The van der Waals surface area contributed by atoms with E-state index in [2.05, 4.69) is 19.2 Å². The summed E-state index contributed by atoms with van der Waals surface area (Å²) in [6.45, 7) is 8.06. The zero-order chi connectivity index (χ0) is 14.8. The molecule has 20 heavy (non-hydrogen) atoms. The standard InChI is InChI=1S/C16H24ClNO2/c1-11(2)8-16(3,19)10-18-9-13-7-14(17)6-12-4-5-20-15(12)13/h6-7,11,18-19H,4-5,8-10H2,1-3H3. The lowest BCUT2D eigenvalue weighted by Crippen LogP contribution is -2.38. The van der Waals surface area contributed by atoms with Gasteiger partial charge in [0.15, 0.2) is 0 Å². The van der Waals surface area contributed by atoms with Crippen LogP contribution >= 0.6 is 11.6 Å². The Morgan fingerprint density at radius 3 is 2.90 bits per heavy atom. The molecule has 1 aromatic carbocycles. The molecule has 0 aliphatic carbocycles. The molecule has 0 bridgehead atoms. The summed E-state index contributed by atoms with van der Waals surface area (Å²) in [5.74, 6) is 1.44. The van der Waals surface area contributed by atoms with Gasteiger partial charge in [-0.15, -0.1) is 0 Å². The first kappa shape index (κ1) is 15.6. The Balaban J connectivity index is 1.95. The molecule has 1 aliphatic rings. The first-order chi connectivity index (χ1) is 9.37. The van der Waals surface area contributed by atoms with Crippen molar-refractivity contribution in [2.24, 2.45) is 5.92 Å². The Hall–Kier alpha value is -0.770. The van der Waals surface area contributed by atoms with E-state index >= 15 is 0 Å². The second-order valence-electron chi connectivity index (χ2n) is 6.35. The van der Waals surface area contributed by atoms with Crippen LogP contribution in [0.5, 0.6) is 5.75 Å². The normalized spacial score (nSPS) is 16.9. The van der Waals surface area contributed by atoms with Crippen molar-refractivity contribution in [2.75, 3.05) is 13.2 Å². The molecule has 1 atom stereocenters. The molecule has 0 saturated carbocycles. The quantitative estimate of drug-likeness (QED) is 0.847. The third kappa shape index (κ3) is 4.11. The Labute approximate surface area is 126 Å². The molecule has 2 rings (SSSR count). The minimum absolute atomic E-state index is 0.477. The van der Waals surface area contributed by atoms with Gasteiger partial charge in [0.05, 0.1) is 12.2 Å². The molecule has 0 amide bonds. The van der Waals surface area contributed by atoms with E-state index in [1.807, 2.05) is 19.1 Å². The third-order valence-corrected chi connectivity index (χ3v) is 3.71. The van der Waals surface area contributed by atoms with Crippen LogP contribution in [0.3, 0.4) is 0 Å². The molecule has 0 aromatic heterocycles. The van der Waals surface area contributed by atoms with E-state index in [0.29, 0.717) is 19.0 Å². The van der Waals surface area contributed by atoms with Crippen molar-refractivity contribution >= 4 is 11.6 Å². The van der Waals surface area contributed by atoms with Gasteiger partial charge >= 0.3 is 0 Å². The lowest BCUT2D eigenvalue weighted by molar-refractivity contribution is 0.0383. The molecule has 0 radical (unpaired) electrons. The maximum atomic E-state index is 10.3. The van der Waals surface area contributed by atoms with Crippen molar-refractivity contribution < 1.29 is 9.84 Å². The first-order valence-electron chi connectivity index (χ1n) is 7.24. The minimum Gasteiger partial charge on any atom is -0.493 e. The van der Waals surface area contributed by atoms with Crippen LogP contribution in [0.1, 0.15) is 38.3 Å². The highest BCUT2D eigenvalue weighted by Gasteiger charge is 2.22. The fourth-order valence-corrected chi connectivity index (χ4v) is 3.16. The second kappa shape index (κ2) is 6.33. The molecule has 1 aliphatic heterocycles. The lowest BCUT2D eigenvalue weighted by Gasteiger charge is -2.26. The van der Waals surface area contributed by atoms with E-state index in [1.165, 1.54) is 5.56 Å². The monoisotopic (exact) mass is 297 g/mol. The maximum absolute atomic E-state index is 10.3. The van der Waals surface area contributed by atoms with Crippen LogP contribution in [0.2, 0.25) is 5.02 Å². The van der Waals surface area contributed by atoms with Crippen LogP contribution in [0.15, 0.2) is 12.1 Å². The van der Waals surface area contributed by atoms with E-state index in [4.69, 9.17) is 16.3 Å². The molecular weight excluding hydrogens is 274 g/mol. The molecule has 3 nitrogen and oxygen atoms in total. The van der Waals surface area contributed by atoms with Gasteiger partial charge in [-0.05, 0) is 37.0 Å². The number of halogens is 1. The van der Waals surface area contributed by atoms with Gasteiger partial charge < -0.3 is 15.2 Å². The van der Waals surface area contributed by atoms with Gasteiger partial charge in [-0.1, -0.05) is 25.4 Å². The predicted octanol–water partition coefficient (Wildman–Crippen LogP) is 3.16. The van der Waals surface area contributed by atoms with Crippen molar-refractivity contribution in [1.29, 1.82) is 0 Å². The van der Waals surface area contributed by atoms with Gasteiger partial charge in [0.1, 0.15) is 5.75 Å². The number of hydrogen-bond acceptors (Lipinski definition) is 3. The molecule has 112 valence electrons. The number of fused-ring (bicyclic) bond motifs is 1. The summed E-state index contributed by atoms with van der Waals surface area (Å²) in [5.41, 5.74) is 1.57. The van der Waals surface area contributed by atoms with E-state index in [9.17, 15) is 5.11 Å². The maximum Gasteiger partial charge on any atom is 0.127 e. The van der Waals surface area contributed by atoms with E-state index in [1.54, 1.807) is 0 Å². The number of nitrogens with one attached hydrogen (secondary N) is 1. The molecular formula is C16H24ClNO2. The molecule has 2 N–H and O–H groups in total. The Bertz CT molecular complexity index is 472. The third-order valence-electron chi connectivity index (χ3n) is 3.49. The van der Waals surface area contributed by atoms with Crippen molar-refractivity contribution in [3.8, 4) is 5.75 Å². The Morgan fingerprint density at radius 1 is 1.45 bits per heavy atom. The van der Waals surface area contributed by atoms with E-state index in [-0.39, 0.29) is 0 Å². The van der Waals surface area contributed by atoms with Crippen molar-refractivity contribution in [3.63, 3.8) is 0 Å². The molecule has 4 heteroatoms. The molecule has 0 fully saturated rings. The topological polar surface area (TPSA) is 41.5 Å². The van der Waals surface area contributed by atoms with Gasteiger partial charge in [0.25, 0.3) is 0 Å². The zero-order valence-corrected chi connectivity index (χ0v) is 13.3. The highest BCUT2D eigenvalue weighted by atomic mass is 35.5. The van der Waals surface area contributed by atoms with Gasteiger partial charge in [-0.25, -0.2) is 0 Å². The van der Waals surface area contributed by atoms with Crippen LogP contribution in [0.25, 0.3) is 0 Å². The highest BCUT2D eigenvalue weighted by Crippen LogP contribution is 2.32. The van der Waals surface area contributed by atoms with E-state index < -0.39 is 5.60 Å². The summed E-state index contributed by atoms with van der Waals surface area (Å²) >= 11 is 6.13. The summed E-state index contributed by atoms with van der Waals surface area (Å²) in [5, 5.41) is 14.4. The lowest BCUT2D eigenvalue weighted by atomic mass is 9.94. The predicted molar refractivity (Wildman–Crippen MR) is 82.4 cm³/mol. The van der Waals surface area contributed by atoms with Crippen molar-refractivity contribution in [2.45, 2.75) is 45.8 Å². The van der Waals surface area contributed by atoms with Gasteiger partial charge in [0.2, 0.25) is 0 Å². The zero-order valence-electron chi connectivity index (χ0n) is 12.5. The Kier molecular flexibility index (Phi) is 4.95. The van der Waals surface area contributed by atoms with Gasteiger partial charge in [-0.3, -0.25) is 0 Å². The fraction of sp³-hybridized carbons (Fsp3) is 0.625. The summed E-state index contributed by atoms with van der Waals surface area (Å²) in [6.07, 6.45) is 1.71. The minimum atomic E-state index is -0.684. The molecule has 1 aromatic rings. The largest absolute Gasteiger partial charge is 0.493 e. The smallest absolute Gasteiger partial charge is 0.127 e. The highest BCUT2D eigenvalue weighted by molar-refractivity contribution is 6.30. The number of hydrogen-bond donors (Lipinski definition) is 2. The molecule has 1 unspecified atom stereocenters.